The molecule has 3 fully saturated rings. The molecule has 9 nitrogen and oxygen atoms in total. The molecule has 0 amide bonds. The number of hydrogen-bond acceptors (Lipinski definition) is 9. The summed E-state index contributed by atoms with van der Waals surface area (Å²) in [6, 6.07) is 4.84. The van der Waals surface area contributed by atoms with Gasteiger partial charge in [0.05, 0.1) is 19.3 Å². The van der Waals surface area contributed by atoms with E-state index in [1.165, 1.54) is 21.1 Å². The van der Waals surface area contributed by atoms with Crippen molar-refractivity contribution in [3.8, 4) is 5.75 Å². The molecular weight excluding hydrogens is 396 g/mol. The average molecular weight is 420 g/mol. The topological polar surface area (TPSA) is 138 Å². The molecule has 9 atom stereocenters. The SMILES string of the molecule is COc1cccc2c1[C@H](OC)[C@]13OC1(C2=O)[C@H](O)[C@H](C)[C@@](O)(C(=O)[C@H]1O[C@H]1C)[C@@H]3O. The van der Waals surface area contributed by atoms with Gasteiger partial charge in [-0.3, -0.25) is 9.59 Å². The molecule has 0 bridgehead atoms. The van der Waals surface area contributed by atoms with E-state index in [1.54, 1.807) is 25.1 Å². The highest BCUT2D eigenvalue weighted by Crippen LogP contribution is 2.71. The number of benzene rings is 1. The maximum absolute atomic E-state index is 13.5. The minimum atomic E-state index is -2.40. The van der Waals surface area contributed by atoms with Gasteiger partial charge in [-0.1, -0.05) is 19.1 Å². The Morgan fingerprint density at radius 3 is 2.43 bits per heavy atom. The van der Waals surface area contributed by atoms with Crippen LogP contribution in [0.1, 0.15) is 35.9 Å². The first kappa shape index (κ1) is 20.0. The fourth-order valence-corrected chi connectivity index (χ4v) is 5.66. The van der Waals surface area contributed by atoms with Crippen LogP contribution in [0.25, 0.3) is 0 Å². The molecule has 1 aromatic carbocycles. The van der Waals surface area contributed by atoms with Crippen LogP contribution in [0.4, 0.5) is 0 Å². The minimum absolute atomic E-state index is 0.240. The first-order valence-corrected chi connectivity index (χ1v) is 9.87. The van der Waals surface area contributed by atoms with Gasteiger partial charge in [0, 0.05) is 24.2 Å². The van der Waals surface area contributed by atoms with E-state index in [1.807, 2.05) is 0 Å². The summed E-state index contributed by atoms with van der Waals surface area (Å²) in [5, 5.41) is 34.1. The Morgan fingerprint density at radius 1 is 1.20 bits per heavy atom. The van der Waals surface area contributed by atoms with Gasteiger partial charge in [-0.2, -0.15) is 0 Å². The lowest BCUT2D eigenvalue weighted by molar-refractivity contribution is -0.200. The van der Waals surface area contributed by atoms with Crippen LogP contribution in [0.2, 0.25) is 0 Å². The van der Waals surface area contributed by atoms with Crippen molar-refractivity contribution >= 4 is 11.6 Å². The van der Waals surface area contributed by atoms with Gasteiger partial charge in [0.2, 0.25) is 5.78 Å². The Labute approximate surface area is 172 Å². The van der Waals surface area contributed by atoms with Gasteiger partial charge in [-0.15, -0.1) is 0 Å². The lowest BCUT2D eigenvalue weighted by Gasteiger charge is -2.50. The number of epoxide rings is 2. The number of ketones is 2. The van der Waals surface area contributed by atoms with Crippen molar-refractivity contribution in [1.29, 1.82) is 0 Å². The van der Waals surface area contributed by atoms with Crippen molar-refractivity contribution in [1.82, 2.24) is 0 Å². The zero-order valence-electron chi connectivity index (χ0n) is 17.0. The van der Waals surface area contributed by atoms with Crippen LogP contribution >= 0.6 is 0 Å². The Hall–Kier alpha value is -1.88. The zero-order valence-corrected chi connectivity index (χ0v) is 17.0. The van der Waals surface area contributed by atoms with E-state index < -0.39 is 64.8 Å². The van der Waals surface area contributed by atoms with Gasteiger partial charge < -0.3 is 34.3 Å². The summed E-state index contributed by atoms with van der Waals surface area (Å²) in [5.74, 6) is -2.16. The highest BCUT2D eigenvalue weighted by molar-refractivity contribution is 6.11. The number of Topliss-reactive ketones (excluding diaryl/α,β-unsaturated/α-hetero) is 2. The number of methoxy groups -OCH3 is 2. The minimum Gasteiger partial charge on any atom is -0.496 e. The number of aliphatic hydroxyl groups excluding tert-OH is 2. The second-order valence-corrected chi connectivity index (χ2v) is 8.58. The molecule has 30 heavy (non-hydrogen) atoms. The second kappa shape index (κ2) is 5.87. The Bertz CT molecular complexity index is 962. The molecule has 0 aromatic heterocycles. The summed E-state index contributed by atoms with van der Waals surface area (Å²) in [6.07, 6.45) is -5.79. The molecule has 2 aliphatic carbocycles. The number of rotatable bonds is 4. The van der Waals surface area contributed by atoms with Crippen molar-refractivity contribution < 1.29 is 43.9 Å². The highest BCUT2D eigenvalue weighted by atomic mass is 16.7. The van der Waals surface area contributed by atoms with Crippen LogP contribution < -0.4 is 4.74 Å². The molecule has 2 aliphatic heterocycles. The quantitative estimate of drug-likeness (QED) is 0.553. The van der Waals surface area contributed by atoms with E-state index in [4.69, 9.17) is 18.9 Å². The van der Waals surface area contributed by atoms with E-state index in [9.17, 15) is 24.9 Å². The summed E-state index contributed by atoms with van der Waals surface area (Å²) < 4.78 is 22.2. The molecule has 1 aromatic rings. The summed E-state index contributed by atoms with van der Waals surface area (Å²) in [4.78, 5) is 26.6. The number of carbonyl (C=O) groups is 2. The number of ether oxygens (including phenoxy) is 4. The van der Waals surface area contributed by atoms with Crippen LogP contribution in [0.5, 0.6) is 5.75 Å². The van der Waals surface area contributed by atoms with E-state index >= 15 is 0 Å². The average Bonchev–Trinajstić information content (AvgIpc) is 3.65. The standard InChI is InChI=1S/C21H24O9/c1-8-14(22)20-15(23)10-6-5-7-11(27-3)12(10)17(28-4)21(20,30-20)18(25)19(8,26)16(24)13-9(2)29-13/h5-9,13-14,17-18,22,25-26H,1-4H3/t8-,9-,13-,14+,17-,18-,19+,20?,21+/m0/s1. The summed E-state index contributed by atoms with van der Waals surface area (Å²) >= 11 is 0. The zero-order chi connectivity index (χ0) is 21.8. The summed E-state index contributed by atoms with van der Waals surface area (Å²) in [7, 11) is 2.79. The van der Waals surface area contributed by atoms with Crippen LogP contribution in [-0.2, 0) is 19.0 Å². The van der Waals surface area contributed by atoms with Crippen molar-refractivity contribution in [2.75, 3.05) is 14.2 Å². The van der Waals surface area contributed by atoms with Gasteiger partial charge in [-0.25, -0.2) is 0 Å². The molecule has 4 aliphatic rings. The third kappa shape index (κ3) is 1.90. The fourth-order valence-electron chi connectivity index (χ4n) is 5.66. The van der Waals surface area contributed by atoms with Crippen LogP contribution in [0, 0.1) is 5.92 Å². The van der Waals surface area contributed by atoms with Crippen molar-refractivity contribution in [3.05, 3.63) is 29.3 Å². The number of carbonyl (C=O) groups excluding carboxylic acids is 2. The first-order valence-electron chi connectivity index (χ1n) is 9.87. The molecule has 5 rings (SSSR count). The number of aliphatic hydroxyl groups is 3. The lowest BCUT2D eigenvalue weighted by Crippen LogP contribution is -2.74. The Balaban J connectivity index is 1.72. The lowest BCUT2D eigenvalue weighted by atomic mass is 9.55. The Kier molecular flexibility index (Phi) is 3.93. The molecule has 9 heteroatoms. The van der Waals surface area contributed by atoms with Gasteiger partial charge in [0.1, 0.15) is 24.1 Å². The summed E-state index contributed by atoms with van der Waals surface area (Å²) in [6.45, 7) is 3.08. The molecule has 0 spiro atoms. The maximum Gasteiger partial charge on any atom is 0.201 e. The van der Waals surface area contributed by atoms with E-state index in [-0.39, 0.29) is 5.56 Å². The number of hydrogen-bond donors (Lipinski definition) is 3. The van der Waals surface area contributed by atoms with Gasteiger partial charge in [0.15, 0.2) is 22.6 Å². The third-order valence-corrected chi connectivity index (χ3v) is 7.40. The van der Waals surface area contributed by atoms with Gasteiger partial charge in [-0.05, 0) is 13.0 Å². The predicted molar refractivity (Wildman–Crippen MR) is 99.1 cm³/mol. The van der Waals surface area contributed by atoms with Crippen LogP contribution in [0.15, 0.2) is 18.2 Å². The van der Waals surface area contributed by atoms with E-state index in [0.717, 1.165) is 0 Å². The number of fused-ring (bicyclic) bond motifs is 1. The molecular formula is C21H24O9. The summed E-state index contributed by atoms with van der Waals surface area (Å²) in [5.41, 5.74) is -5.51. The third-order valence-electron chi connectivity index (χ3n) is 7.40. The molecule has 0 radical (unpaired) electrons. The van der Waals surface area contributed by atoms with Crippen LogP contribution in [-0.4, -0.2) is 82.3 Å². The molecule has 2 heterocycles. The van der Waals surface area contributed by atoms with Gasteiger partial charge in [0.25, 0.3) is 0 Å². The highest BCUT2D eigenvalue weighted by Gasteiger charge is 2.92. The maximum atomic E-state index is 13.5. The largest absolute Gasteiger partial charge is 0.496 e. The molecule has 162 valence electrons. The molecule has 3 N–H and O–H groups in total. The molecule has 2 saturated heterocycles. The normalized spacial score (nSPS) is 48.3. The van der Waals surface area contributed by atoms with E-state index in [0.29, 0.717) is 11.3 Å². The predicted octanol–water partition coefficient (Wildman–Crippen LogP) is -0.454. The molecule has 1 saturated carbocycles. The Morgan fingerprint density at radius 2 is 1.87 bits per heavy atom. The monoisotopic (exact) mass is 420 g/mol. The van der Waals surface area contributed by atoms with Gasteiger partial charge >= 0.3 is 0 Å². The molecule has 1 unspecified atom stereocenters. The first-order chi connectivity index (χ1) is 14.1. The van der Waals surface area contributed by atoms with Crippen LogP contribution in [0.3, 0.4) is 0 Å². The van der Waals surface area contributed by atoms with Crippen molar-refractivity contribution in [2.45, 2.75) is 61.2 Å². The van der Waals surface area contributed by atoms with Crippen molar-refractivity contribution in [3.63, 3.8) is 0 Å². The smallest absolute Gasteiger partial charge is 0.201 e. The fraction of sp³-hybridized carbons (Fsp3) is 0.619. The van der Waals surface area contributed by atoms with E-state index in [2.05, 4.69) is 0 Å². The van der Waals surface area contributed by atoms with Crippen molar-refractivity contribution in [2.24, 2.45) is 5.92 Å². The second-order valence-electron chi connectivity index (χ2n) is 8.58.